The predicted octanol–water partition coefficient (Wildman–Crippen LogP) is 4.36. The maximum absolute atomic E-state index is 13.6. The van der Waals surface area contributed by atoms with Crippen LogP contribution in [0.4, 0.5) is 0 Å². The van der Waals surface area contributed by atoms with Crippen LogP contribution in [0.2, 0.25) is 0 Å². The molecule has 1 aromatic carbocycles. The molecule has 0 spiro atoms. The largest absolute Gasteiger partial charge is 0.468 e. The third-order valence-electron chi connectivity index (χ3n) is 5.81. The van der Waals surface area contributed by atoms with Crippen molar-refractivity contribution in [1.82, 2.24) is 5.32 Å². The van der Waals surface area contributed by atoms with Crippen molar-refractivity contribution in [3.05, 3.63) is 56.8 Å². The first-order valence-electron chi connectivity index (χ1n) is 10.6. The summed E-state index contributed by atoms with van der Waals surface area (Å²) in [7, 11) is 1.29. The van der Waals surface area contributed by atoms with E-state index in [1.165, 1.54) is 7.11 Å². The number of methoxy groups -OCH3 is 1. The van der Waals surface area contributed by atoms with Gasteiger partial charge in [-0.05, 0) is 42.7 Å². The molecule has 6 nitrogen and oxygen atoms in total. The Balaban J connectivity index is 2.07. The number of dihydropyridines is 1. The zero-order valence-corrected chi connectivity index (χ0v) is 21.1. The van der Waals surface area contributed by atoms with E-state index in [1.54, 1.807) is 11.8 Å². The first-order chi connectivity index (χ1) is 15.3. The normalized spacial score (nSPS) is 22.9. The first kappa shape index (κ1) is 24.6. The number of ketones is 1. The maximum atomic E-state index is 13.6. The third kappa shape index (κ3) is 4.96. The Morgan fingerprint density at radius 2 is 2.06 bits per heavy atom. The minimum atomic E-state index is -0.896. The zero-order valence-electron chi connectivity index (χ0n) is 18.7. The average molecular weight is 522 g/mol. The fraction of sp³-hybridized carbons (Fsp3) is 0.458. The van der Waals surface area contributed by atoms with Crippen LogP contribution in [-0.2, 0) is 23.9 Å². The number of rotatable bonds is 7. The quantitative estimate of drug-likeness (QED) is 0.324. The highest BCUT2D eigenvalue weighted by Crippen LogP contribution is 2.45. The molecule has 8 heteroatoms. The second-order valence-electron chi connectivity index (χ2n) is 7.92. The second-order valence-corrected chi connectivity index (χ2v) is 10.2. The highest BCUT2D eigenvalue weighted by Gasteiger charge is 2.47. The first-order valence-corrected chi connectivity index (χ1v) is 12.6. The van der Waals surface area contributed by atoms with Crippen molar-refractivity contribution in [1.29, 1.82) is 0 Å². The van der Waals surface area contributed by atoms with E-state index in [4.69, 9.17) is 9.47 Å². The molecular weight excluding hydrogens is 494 g/mol. The van der Waals surface area contributed by atoms with E-state index in [1.807, 2.05) is 38.1 Å². The number of hydrogen-bond acceptors (Lipinski definition) is 7. The van der Waals surface area contributed by atoms with Gasteiger partial charge in [0.1, 0.15) is 12.5 Å². The number of esters is 2. The molecule has 0 saturated heterocycles. The van der Waals surface area contributed by atoms with Gasteiger partial charge in [0.15, 0.2) is 5.78 Å². The number of ether oxygens (including phenoxy) is 2. The number of hydrogen-bond donors (Lipinski definition) is 1. The minimum absolute atomic E-state index is 0.211. The molecule has 1 aliphatic heterocycles. The molecule has 3 unspecified atom stereocenters. The molecule has 1 N–H and O–H groups in total. The van der Waals surface area contributed by atoms with Crippen molar-refractivity contribution >= 4 is 45.4 Å². The Labute approximate surface area is 201 Å². The fourth-order valence-electron chi connectivity index (χ4n) is 4.39. The molecule has 0 aromatic heterocycles. The van der Waals surface area contributed by atoms with E-state index in [0.717, 1.165) is 21.5 Å². The second kappa shape index (κ2) is 10.7. The van der Waals surface area contributed by atoms with Crippen molar-refractivity contribution in [3.8, 4) is 0 Å². The van der Waals surface area contributed by atoms with E-state index < -0.39 is 23.8 Å². The van der Waals surface area contributed by atoms with Crippen LogP contribution in [0.25, 0.3) is 0 Å². The van der Waals surface area contributed by atoms with Crippen LogP contribution in [0.1, 0.15) is 38.7 Å². The van der Waals surface area contributed by atoms with Gasteiger partial charge in [-0.15, -0.1) is 0 Å². The van der Waals surface area contributed by atoms with Crippen LogP contribution in [0.5, 0.6) is 0 Å². The van der Waals surface area contributed by atoms with Crippen LogP contribution in [0, 0.1) is 11.8 Å². The number of allylic oxidation sites excluding steroid dienone is 3. The highest BCUT2D eigenvalue weighted by molar-refractivity contribution is 9.10. The van der Waals surface area contributed by atoms with Gasteiger partial charge in [-0.25, -0.2) is 4.79 Å². The number of halogens is 1. The van der Waals surface area contributed by atoms with Gasteiger partial charge in [0, 0.05) is 33.1 Å². The number of benzene rings is 1. The van der Waals surface area contributed by atoms with Gasteiger partial charge in [0.25, 0.3) is 0 Å². The van der Waals surface area contributed by atoms with Crippen LogP contribution >= 0.6 is 27.7 Å². The number of thioether (sulfide) groups is 1. The van der Waals surface area contributed by atoms with E-state index >= 15 is 0 Å². The van der Waals surface area contributed by atoms with Crippen molar-refractivity contribution in [2.45, 2.75) is 33.1 Å². The van der Waals surface area contributed by atoms with Gasteiger partial charge in [-0.1, -0.05) is 41.9 Å². The molecule has 0 bridgehead atoms. The van der Waals surface area contributed by atoms with E-state index in [0.29, 0.717) is 35.6 Å². The number of carbonyl (C=O) groups excluding carboxylic acids is 3. The van der Waals surface area contributed by atoms with Crippen LogP contribution < -0.4 is 5.32 Å². The lowest BCUT2D eigenvalue weighted by Crippen LogP contribution is -2.43. The van der Waals surface area contributed by atoms with Crippen molar-refractivity contribution in [3.63, 3.8) is 0 Å². The lowest BCUT2D eigenvalue weighted by molar-refractivity contribution is -0.151. The van der Waals surface area contributed by atoms with Crippen LogP contribution in [-0.4, -0.2) is 42.9 Å². The summed E-state index contributed by atoms with van der Waals surface area (Å²) in [5.74, 6) is -1.39. The molecule has 0 fully saturated rings. The van der Waals surface area contributed by atoms with Crippen molar-refractivity contribution < 1.29 is 23.9 Å². The Bertz CT molecular complexity index is 986. The molecule has 3 rings (SSSR count). The Kier molecular flexibility index (Phi) is 8.22. The molecule has 0 radical (unpaired) electrons. The summed E-state index contributed by atoms with van der Waals surface area (Å²) >= 11 is 5.18. The summed E-state index contributed by atoms with van der Waals surface area (Å²) in [4.78, 5) is 39.3. The minimum Gasteiger partial charge on any atom is -0.468 e. The fourth-order valence-corrected chi connectivity index (χ4v) is 5.29. The van der Waals surface area contributed by atoms with E-state index in [-0.39, 0.29) is 11.7 Å². The average Bonchev–Trinajstić information content (AvgIpc) is 2.75. The topological polar surface area (TPSA) is 81.7 Å². The van der Waals surface area contributed by atoms with Crippen molar-refractivity contribution in [2.24, 2.45) is 11.8 Å². The summed E-state index contributed by atoms with van der Waals surface area (Å²) in [5, 5.41) is 3.27. The molecule has 0 saturated carbocycles. The van der Waals surface area contributed by atoms with Gasteiger partial charge < -0.3 is 14.8 Å². The molecule has 3 atom stereocenters. The monoisotopic (exact) mass is 521 g/mol. The molecule has 1 aliphatic carbocycles. The molecule has 0 amide bonds. The van der Waals surface area contributed by atoms with E-state index in [2.05, 4.69) is 28.2 Å². The Hall–Kier alpha value is -2.06. The smallest absolute Gasteiger partial charge is 0.336 e. The zero-order chi connectivity index (χ0) is 23.4. The summed E-state index contributed by atoms with van der Waals surface area (Å²) in [6, 6.07) is 7.54. The number of nitrogens with one attached hydrogen (secondary N) is 1. The van der Waals surface area contributed by atoms with Crippen LogP contribution in [0.3, 0.4) is 0 Å². The molecule has 1 heterocycles. The summed E-state index contributed by atoms with van der Waals surface area (Å²) in [5.41, 5.74) is 3.04. The number of carbonyl (C=O) groups is 3. The number of Topliss-reactive ketones (excluding diaryl/α,β-unsaturated/α-hetero) is 1. The standard InChI is InChI=1S/C24H28BrNO5S/c1-5-32-10-9-31-24(29)19-14(3)26-17-11-13(2)18(23(28)30-4)22(27)21(17)20(19)15-7-6-8-16(25)12-15/h6-8,12-13,18,20,26H,5,9-11H2,1-4H3. The summed E-state index contributed by atoms with van der Waals surface area (Å²) in [6.07, 6.45) is 0.512. The molecule has 172 valence electrons. The van der Waals surface area contributed by atoms with Gasteiger partial charge >= 0.3 is 11.9 Å². The van der Waals surface area contributed by atoms with Gasteiger partial charge in [-0.3, -0.25) is 9.59 Å². The SMILES string of the molecule is CCSCCOC(=O)C1=C(C)NC2=C(C(=O)C(C(=O)OC)C(C)C2)C1c1cccc(Br)c1. The lowest BCUT2D eigenvalue weighted by Gasteiger charge is -2.38. The lowest BCUT2D eigenvalue weighted by atomic mass is 9.69. The van der Waals surface area contributed by atoms with Gasteiger partial charge in [0.2, 0.25) is 0 Å². The highest BCUT2D eigenvalue weighted by atomic mass is 79.9. The Morgan fingerprint density at radius 1 is 1.31 bits per heavy atom. The third-order valence-corrected chi connectivity index (χ3v) is 7.17. The maximum Gasteiger partial charge on any atom is 0.336 e. The molecule has 1 aromatic rings. The molecule has 2 aliphatic rings. The van der Waals surface area contributed by atoms with Crippen LogP contribution in [0.15, 0.2) is 51.3 Å². The van der Waals surface area contributed by atoms with E-state index in [9.17, 15) is 14.4 Å². The predicted molar refractivity (Wildman–Crippen MR) is 128 cm³/mol. The van der Waals surface area contributed by atoms with Crippen molar-refractivity contribution in [2.75, 3.05) is 25.2 Å². The molecular formula is C24H28BrNO5S. The molecule has 32 heavy (non-hydrogen) atoms. The summed E-state index contributed by atoms with van der Waals surface area (Å²) < 4.78 is 11.3. The van der Waals surface area contributed by atoms with Gasteiger partial charge in [-0.2, -0.15) is 11.8 Å². The summed E-state index contributed by atoms with van der Waals surface area (Å²) in [6.45, 7) is 6.04. The Morgan fingerprint density at radius 3 is 2.72 bits per heavy atom. The van der Waals surface area contributed by atoms with Gasteiger partial charge in [0.05, 0.1) is 12.7 Å².